The molecule has 0 unspecified atom stereocenters. The van der Waals surface area contributed by atoms with Crippen molar-refractivity contribution in [3.8, 4) is 0 Å². The van der Waals surface area contributed by atoms with Gasteiger partial charge in [-0.05, 0) is 25.1 Å². The van der Waals surface area contributed by atoms with Crippen molar-refractivity contribution in [3.63, 3.8) is 0 Å². The van der Waals surface area contributed by atoms with Crippen LogP contribution in [0.1, 0.15) is 17.3 Å². The number of carboxylic acid groups (broad SMARTS) is 1. The molecule has 0 saturated carbocycles. The highest BCUT2D eigenvalue weighted by Gasteiger charge is 2.18. The fourth-order valence-corrected chi connectivity index (χ4v) is 1.86. The average molecular weight is 259 g/mol. The SMILES string of the molecule is CCN(C)c1ccc(S(=O)(=O)O)cc1C(=O)O. The highest BCUT2D eigenvalue weighted by atomic mass is 32.2. The fraction of sp³-hybridized carbons (Fsp3) is 0.300. The standard InChI is InChI=1S/C10H13NO5S/c1-3-11(2)9-5-4-7(17(14,15)16)6-8(9)10(12)13/h4-6H,3H2,1-2H3,(H,12,13)(H,14,15,16). The molecule has 0 aliphatic carbocycles. The number of rotatable bonds is 4. The summed E-state index contributed by atoms with van der Waals surface area (Å²) in [6.45, 7) is 2.41. The van der Waals surface area contributed by atoms with Crippen LogP contribution >= 0.6 is 0 Å². The molecule has 0 spiro atoms. The van der Waals surface area contributed by atoms with Crippen LogP contribution in [0, 0.1) is 0 Å². The highest BCUT2D eigenvalue weighted by molar-refractivity contribution is 7.85. The van der Waals surface area contributed by atoms with Gasteiger partial charge in [-0.2, -0.15) is 8.42 Å². The summed E-state index contributed by atoms with van der Waals surface area (Å²) in [5.74, 6) is -1.24. The third-order valence-corrected chi connectivity index (χ3v) is 3.23. The summed E-state index contributed by atoms with van der Waals surface area (Å²) in [6, 6.07) is 3.47. The maximum atomic E-state index is 11.0. The van der Waals surface area contributed by atoms with Crippen molar-refractivity contribution in [1.82, 2.24) is 0 Å². The van der Waals surface area contributed by atoms with Crippen molar-refractivity contribution in [3.05, 3.63) is 23.8 Å². The number of hydrogen-bond acceptors (Lipinski definition) is 4. The van der Waals surface area contributed by atoms with E-state index in [2.05, 4.69) is 0 Å². The van der Waals surface area contributed by atoms with E-state index in [1.807, 2.05) is 6.92 Å². The molecule has 0 radical (unpaired) electrons. The van der Waals surface area contributed by atoms with Gasteiger partial charge in [0, 0.05) is 13.6 Å². The Morgan fingerprint density at radius 1 is 1.41 bits per heavy atom. The van der Waals surface area contributed by atoms with Crippen LogP contribution in [-0.4, -0.2) is 37.6 Å². The molecule has 0 aliphatic heterocycles. The highest BCUT2D eigenvalue weighted by Crippen LogP contribution is 2.23. The van der Waals surface area contributed by atoms with Crippen LogP contribution in [0.15, 0.2) is 23.1 Å². The summed E-state index contributed by atoms with van der Waals surface area (Å²) in [5, 5.41) is 9.00. The van der Waals surface area contributed by atoms with Crippen molar-refractivity contribution in [2.24, 2.45) is 0 Å². The van der Waals surface area contributed by atoms with Crippen LogP contribution in [0.5, 0.6) is 0 Å². The van der Waals surface area contributed by atoms with E-state index in [9.17, 15) is 13.2 Å². The molecule has 0 bridgehead atoms. The summed E-state index contributed by atoms with van der Waals surface area (Å²) in [7, 11) is -2.70. The largest absolute Gasteiger partial charge is 0.478 e. The van der Waals surface area contributed by atoms with Crippen molar-refractivity contribution in [1.29, 1.82) is 0 Å². The molecule has 6 nitrogen and oxygen atoms in total. The Kier molecular flexibility index (Phi) is 3.74. The Labute approximate surface area is 99.2 Å². The number of nitrogens with zero attached hydrogens (tertiary/aromatic N) is 1. The number of carbonyl (C=O) groups is 1. The van der Waals surface area contributed by atoms with Crippen LogP contribution in [-0.2, 0) is 10.1 Å². The topological polar surface area (TPSA) is 94.9 Å². The molecular weight excluding hydrogens is 246 g/mol. The third kappa shape index (κ3) is 2.95. The van der Waals surface area contributed by atoms with E-state index in [4.69, 9.17) is 9.66 Å². The van der Waals surface area contributed by atoms with E-state index in [0.29, 0.717) is 12.2 Å². The first-order valence-corrected chi connectivity index (χ1v) is 6.27. The second-order valence-electron chi connectivity index (χ2n) is 3.47. The zero-order valence-corrected chi connectivity index (χ0v) is 10.2. The molecule has 1 aromatic carbocycles. The van der Waals surface area contributed by atoms with E-state index in [0.717, 1.165) is 6.07 Å². The third-order valence-electron chi connectivity index (χ3n) is 2.38. The lowest BCUT2D eigenvalue weighted by molar-refractivity contribution is 0.0697. The van der Waals surface area contributed by atoms with Gasteiger partial charge in [-0.15, -0.1) is 0 Å². The molecule has 17 heavy (non-hydrogen) atoms. The lowest BCUT2D eigenvalue weighted by Gasteiger charge is -2.19. The Morgan fingerprint density at radius 3 is 2.41 bits per heavy atom. The summed E-state index contributed by atoms with van der Waals surface area (Å²) in [5.41, 5.74) is 0.233. The summed E-state index contributed by atoms with van der Waals surface area (Å²) in [4.78, 5) is 12.3. The van der Waals surface area contributed by atoms with Gasteiger partial charge in [-0.3, -0.25) is 4.55 Å². The van der Waals surface area contributed by atoms with E-state index in [1.54, 1.807) is 11.9 Å². The minimum absolute atomic E-state index is 0.163. The van der Waals surface area contributed by atoms with Crippen molar-refractivity contribution in [2.45, 2.75) is 11.8 Å². The smallest absolute Gasteiger partial charge is 0.337 e. The Hall–Kier alpha value is -1.60. The predicted octanol–water partition coefficient (Wildman–Crippen LogP) is 1.09. The van der Waals surface area contributed by atoms with Gasteiger partial charge in [0.2, 0.25) is 0 Å². The van der Waals surface area contributed by atoms with E-state index >= 15 is 0 Å². The molecule has 2 N–H and O–H groups in total. The minimum atomic E-state index is -4.39. The Morgan fingerprint density at radius 2 is 2.00 bits per heavy atom. The monoisotopic (exact) mass is 259 g/mol. The number of benzene rings is 1. The Bertz CT molecular complexity index is 538. The van der Waals surface area contributed by atoms with Gasteiger partial charge in [-0.1, -0.05) is 0 Å². The van der Waals surface area contributed by atoms with E-state index in [1.165, 1.54) is 12.1 Å². The number of carboxylic acids is 1. The second kappa shape index (κ2) is 4.72. The molecule has 0 saturated heterocycles. The lowest BCUT2D eigenvalue weighted by Crippen LogP contribution is -2.19. The number of hydrogen-bond donors (Lipinski definition) is 2. The molecule has 0 amide bonds. The van der Waals surface area contributed by atoms with Gasteiger partial charge in [0.25, 0.3) is 10.1 Å². The fourth-order valence-electron chi connectivity index (χ4n) is 1.35. The molecule has 0 aromatic heterocycles. The molecule has 7 heteroatoms. The van der Waals surface area contributed by atoms with Crippen LogP contribution in [0.4, 0.5) is 5.69 Å². The van der Waals surface area contributed by atoms with E-state index < -0.39 is 21.0 Å². The Balaban J connectivity index is 3.43. The van der Waals surface area contributed by atoms with Crippen molar-refractivity contribution < 1.29 is 22.9 Å². The first-order chi connectivity index (χ1) is 7.77. The first kappa shape index (κ1) is 13.5. The van der Waals surface area contributed by atoms with Crippen molar-refractivity contribution in [2.75, 3.05) is 18.5 Å². The summed E-state index contributed by atoms with van der Waals surface area (Å²) < 4.78 is 30.7. The number of aromatic carboxylic acids is 1. The van der Waals surface area contributed by atoms with Crippen LogP contribution in [0.3, 0.4) is 0 Å². The van der Waals surface area contributed by atoms with Crippen LogP contribution in [0.2, 0.25) is 0 Å². The molecule has 0 heterocycles. The zero-order chi connectivity index (χ0) is 13.2. The normalized spacial score (nSPS) is 11.2. The maximum Gasteiger partial charge on any atom is 0.337 e. The van der Waals surface area contributed by atoms with Gasteiger partial charge in [0.05, 0.1) is 16.1 Å². The average Bonchev–Trinajstić information content (AvgIpc) is 2.25. The van der Waals surface area contributed by atoms with Gasteiger partial charge < -0.3 is 10.0 Å². The lowest BCUT2D eigenvalue weighted by atomic mass is 10.1. The molecule has 1 rings (SSSR count). The summed E-state index contributed by atoms with van der Waals surface area (Å²) in [6.07, 6.45) is 0. The van der Waals surface area contributed by atoms with Crippen molar-refractivity contribution >= 4 is 21.8 Å². The van der Waals surface area contributed by atoms with Gasteiger partial charge in [0.15, 0.2) is 0 Å². The minimum Gasteiger partial charge on any atom is -0.478 e. The van der Waals surface area contributed by atoms with Gasteiger partial charge in [0.1, 0.15) is 0 Å². The first-order valence-electron chi connectivity index (χ1n) is 4.83. The quantitative estimate of drug-likeness (QED) is 0.786. The van der Waals surface area contributed by atoms with E-state index in [-0.39, 0.29) is 5.56 Å². The molecule has 0 fully saturated rings. The molecule has 0 atom stereocenters. The molecule has 0 aliphatic rings. The maximum absolute atomic E-state index is 11.0. The second-order valence-corrected chi connectivity index (χ2v) is 4.89. The molecule has 94 valence electrons. The molecular formula is C10H13NO5S. The van der Waals surface area contributed by atoms with Crippen LogP contribution in [0.25, 0.3) is 0 Å². The number of anilines is 1. The molecule has 1 aromatic rings. The van der Waals surface area contributed by atoms with Crippen LogP contribution < -0.4 is 4.90 Å². The van der Waals surface area contributed by atoms with Gasteiger partial charge in [-0.25, -0.2) is 4.79 Å². The van der Waals surface area contributed by atoms with Gasteiger partial charge >= 0.3 is 5.97 Å². The zero-order valence-electron chi connectivity index (χ0n) is 9.41. The predicted molar refractivity (Wildman–Crippen MR) is 62.2 cm³/mol. The summed E-state index contributed by atoms with van der Waals surface area (Å²) >= 11 is 0.